The minimum Gasteiger partial charge on any atom is -0.481 e. The summed E-state index contributed by atoms with van der Waals surface area (Å²) in [4.78, 5) is 22.4. The van der Waals surface area contributed by atoms with Gasteiger partial charge in [0.25, 0.3) is 0 Å². The van der Waals surface area contributed by atoms with Gasteiger partial charge < -0.3 is 15.0 Å². The van der Waals surface area contributed by atoms with E-state index < -0.39 is 5.97 Å². The van der Waals surface area contributed by atoms with Gasteiger partial charge in [0.15, 0.2) is 0 Å². The van der Waals surface area contributed by atoms with Gasteiger partial charge in [-0.15, -0.1) is 0 Å². The minimum atomic E-state index is -0.698. The molecule has 1 saturated heterocycles. The molecule has 7 heteroatoms. The number of hydrogen-bond acceptors (Lipinski definition) is 5. The van der Waals surface area contributed by atoms with Crippen LogP contribution in [0.4, 0.5) is 11.6 Å². The Morgan fingerprint density at radius 1 is 1.20 bits per heavy atom. The summed E-state index contributed by atoms with van der Waals surface area (Å²) < 4.78 is 2.00. The van der Waals surface area contributed by atoms with Gasteiger partial charge in [-0.1, -0.05) is 6.07 Å². The molecule has 0 unspecified atom stereocenters. The Balaban J connectivity index is 1.50. The molecule has 3 aromatic rings. The summed E-state index contributed by atoms with van der Waals surface area (Å²) in [6.07, 6.45) is 6.60. The Morgan fingerprint density at radius 2 is 1.97 bits per heavy atom. The van der Waals surface area contributed by atoms with E-state index in [0.29, 0.717) is 18.9 Å². The Labute approximate surface area is 176 Å². The molecular weight excluding hydrogens is 378 g/mol. The second-order valence-electron chi connectivity index (χ2n) is 8.17. The summed E-state index contributed by atoms with van der Waals surface area (Å²) in [5.41, 5.74) is 5.69. The lowest BCUT2D eigenvalue weighted by atomic mass is 10.1. The molecule has 2 aromatic heterocycles. The van der Waals surface area contributed by atoms with E-state index in [2.05, 4.69) is 71.5 Å². The minimum absolute atomic E-state index is 0.256. The standard InChI is InChI=1S/C23H27N5O2/c1-15-8-16(2)10-20(9-15)25-23-24-6-4-21(26-23)28-11-17(3)19(14-28)13-27-7-5-18(12-27)22(29)30/h4,6,8-11,14,18H,5,7,12-13H2,1-3H3,(H,29,30)(H,24,25,26)/t18-/m0/s1. The van der Waals surface area contributed by atoms with Gasteiger partial charge in [-0.3, -0.25) is 9.69 Å². The maximum Gasteiger partial charge on any atom is 0.307 e. The van der Waals surface area contributed by atoms with Crippen molar-refractivity contribution in [2.24, 2.45) is 5.92 Å². The van der Waals surface area contributed by atoms with Gasteiger partial charge in [0.05, 0.1) is 5.92 Å². The SMILES string of the molecule is Cc1cc(C)cc(Nc2nccc(-n3cc(C)c(CN4CC[C@H](C(=O)O)C4)c3)n2)c1. The van der Waals surface area contributed by atoms with Crippen molar-refractivity contribution in [3.8, 4) is 5.82 Å². The number of carboxylic acid groups (broad SMARTS) is 1. The first-order chi connectivity index (χ1) is 14.4. The number of nitrogens with one attached hydrogen (secondary N) is 1. The zero-order valence-electron chi connectivity index (χ0n) is 17.6. The molecule has 7 nitrogen and oxygen atoms in total. The van der Waals surface area contributed by atoms with Crippen LogP contribution in [-0.2, 0) is 11.3 Å². The predicted molar refractivity (Wildman–Crippen MR) is 116 cm³/mol. The number of rotatable bonds is 6. The van der Waals surface area contributed by atoms with Crippen LogP contribution >= 0.6 is 0 Å². The lowest BCUT2D eigenvalue weighted by Crippen LogP contribution is -2.22. The lowest BCUT2D eigenvalue weighted by Gasteiger charge is -2.14. The van der Waals surface area contributed by atoms with E-state index in [-0.39, 0.29) is 5.92 Å². The van der Waals surface area contributed by atoms with Crippen molar-refractivity contribution in [2.45, 2.75) is 33.7 Å². The van der Waals surface area contributed by atoms with Gasteiger partial charge in [0.2, 0.25) is 5.95 Å². The van der Waals surface area contributed by atoms with E-state index >= 15 is 0 Å². The molecule has 2 N–H and O–H groups in total. The number of carbonyl (C=O) groups is 1. The van der Waals surface area contributed by atoms with Gasteiger partial charge >= 0.3 is 5.97 Å². The third kappa shape index (κ3) is 4.52. The van der Waals surface area contributed by atoms with Crippen molar-refractivity contribution < 1.29 is 9.90 Å². The van der Waals surface area contributed by atoms with Crippen LogP contribution in [0, 0.1) is 26.7 Å². The van der Waals surface area contributed by atoms with E-state index in [0.717, 1.165) is 30.2 Å². The molecule has 0 radical (unpaired) electrons. The molecule has 4 rings (SSSR count). The van der Waals surface area contributed by atoms with Crippen molar-refractivity contribution in [1.82, 2.24) is 19.4 Å². The van der Waals surface area contributed by atoms with E-state index in [1.54, 1.807) is 6.20 Å². The second kappa shape index (κ2) is 8.28. The maximum atomic E-state index is 11.2. The van der Waals surface area contributed by atoms with Crippen LogP contribution in [0.1, 0.15) is 28.7 Å². The molecule has 0 bridgehead atoms. The molecule has 1 aromatic carbocycles. The highest BCUT2D eigenvalue weighted by molar-refractivity contribution is 5.70. The second-order valence-corrected chi connectivity index (χ2v) is 8.17. The molecule has 0 spiro atoms. The molecule has 1 fully saturated rings. The number of benzene rings is 1. The number of likely N-dealkylation sites (tertiary alicyclic amines) is 1. The Morgan fingerprint density at radius 3 is 2.67 bits per heavy atom. The van der Waals surface area contributed by atoms with Gasteiger partial charge in [0, 0.05) is 37.4 Å². The Hall–Kier alpha value is -3.19. The first-order valence-corrected chi connectivity index (χ1v) is 10.2. The molecule has 0 saturated carbocycles. The molecular formula is C23H27N5O2. The smallest absolute Gasteiger partial charge is 0.307 e. The van der Waals surface area contributed by atoms with Crippen molar-refractivity contribution in [1.29, 1.82) is 0 Å². The van der Waals surface area contributed by atoms with Crippen LogP contribution in [0.5, 0.6) is 0 Å². The number of aliphatic carboxylic acids is 1. The molecule has 0 aliphatic carbocycles. The normalized spacial score (nSPS) is 16.7. The lowest BCUT2D eigenvalue weighted by molar-refractivity contribution is -0.141. The molecule has 3 heterocycles. The van der Waals surface area contributed by atoms with E-state index in [1.165, 1.54) is 16.7 Å². The average Bonchev–Trinajstić information content (AvgIpc) is 3.29. The highest BCUT2D eigenvalue weighted by atomic mass is 16.4. The van der Waals surface area contributed by atoms with Gasteiger partial charge in [-0.2, -0.15) is 4.98 Å². The van der Waals surface area contributed by atoms with E-state index in [1.807, 2.05) is 10.6 Å². The van der Waals surface area contributed by atoms with Crippen LogP contribution in [0.2, 0.25) is 0 Å². The summed E-state index contributed by atoms with van der Waals surface area (Å²) in [6, 6.07) is 8.15. The number of nitrogens with zero attached hydrogens (tertiary/aromatic N) is 4. The highest BCUT2D eigenvalue weighted by Crippen LogP contribution is 2.23. The zero-order valence-corrected chi connectivity index (χ0v) is 17.6. The summed E-state index contributed by atoms with van der Waals surface area (Å²) in [7, 11) is 0. The van der Waals surface area contributed by atoms with Crippen molar-refractivity contribution in [3.63, 3.8) is 0 Å². The Kier molecular flexibility index (Phi) is 5.55. The fourth-order valence-electron chi connectivity index (χ4n) is 4.04. The third-order valence-corrected chi connectivity index (χ3v) is 5.53. The summed E-state index contributed by atoms with van der Waals surface area (Å²) >= 11 is 0. The summed E-state index contributed by atoms with van der Waals surface area (Å²) in [6.45, 7) is 8.39. The van der Waals surface area contributed by atoms with Crippen LogP contribution in [0.25, 0.3) is 5.82 Å². The van der Waals surface area contributed by atoms with Crippen LogP contribution in [-0.4, -0.2) is 43.6 Å². The molecule has 1 atom stereocenters. The summed E-state index contributed by atoms with van der Waals surface area (Å²) in [5.74, 6) is 0.384. The zero-order chi connectivity index (χ0) is 21.3. The topological polar surface area (TPSA) is 83.3 Å². The molecule has 156 valence electrons. The van der Waals surface area contributed by atoms with Gasteiger partial charge in [-0.25, -0.2) is 4.98 Å². The third-order valence-electron chi connectivity index (χ3n) is 5.53. The fraction of sp³-hybridized carbons (Fsp3) is 0.348. The van der Waals surface area contributed by atoms with Gasteiger partial charge in [-0.05, 0) is 74.2 Å². The number of aromatic nitrogens is 3. The van der Waals surface area contributed by atoms with Crippen LogP contribution < -0.4 is 5.32 Å². The molecule has 30 heavy (non-hydrogen) atoms. The first kappa shape index (κ1) is 20.1. The number of aryl methyl sites for hydroxylation is 3. The predicted octanol–water partition coefficient (Wildman–Crippen LogP) is 3.84. The molecule has 1 aliphatic rings. The molecule has 1 aliphatic heterocycles. The highest BCUT2D eigenvalue weighted by Gasteiger charge is 2.28. The quantitative estimate of drug-likeness (QED) is 0.648. The van der Waals surface area contributed by atoms with E-state index in [9.17, 15) is 9.90 Å². The van der Waals surface area contributed by atoms with Crippen molar-refractivity contribution in [3.05, 3.63) is 65.1 Å². The van der Waals surface area contributed by atoms with Crippen LogP contribution in [0.3, 0.4) is 0 Å². The monoisotopic (exact) mass is 405 g/mol. The number of hydrogen-bond donors (Lipinski definition) is 2. The number of anilines is 2. The summed E-state index contributed by atoms with van der Waals surface area (Å²) in [5, 5.41) is 12.5. The molecule has 0 amide bonds. The largest absolute Gasteiger partial charge is 0.481 e. The fourth-order valence-corrected chi connectivity index (χ4v) is 4.04. The van der Waals surface area contributed by atoms with Crippen molar-refractivity contribution in [2.75, 3.05) is 18.4 Å². The van der Waals surface area contributed by atoms with Gasteiger partial charge in [0.1, 0.15) is 5.82 Å². The average molecular weight is 406 g/mol. The Bertz CT molecular complexity index is 1050. The first-order valence-electron chi connectivity index (χ1n) is 10.2. The van der Waals surface area contributed by atoms with Crippen molar-refractivity contribution >= 4 is 17.6 Å². The van der Waals surface area contributed by atoms with Crippen LogP contribution in [0.15, 0.2) is 42.9 Å². The van der Waals surface area contributed by atoms with E-state index in [4.69, 9.17) is 0 Å². The maximum absolute atomic E-state index is 11.2. The number of carboxylic acids is 1.